The minimum absolute atomic E-state index is 0.0383. The molecule has 140 valence electrons. The van der Waals surface area contributed by atoms with E-state index in [0.717, 1.165) is 5.56 Å². The Labute approximate surface area is 159 Å². The highest BCUT2D eigenvalue weighted by molar-refractivity contribution is 7.92. The molecule has 5 nitrogen and oxygen atoms in total. The standard InChI is InChI=1S/C19H23ClN2O3S/c1-12(2)14(4)21-19(23)15-8-9-17(20)18(11-15)26(24,25)22-16-7-5-6-13(3)10-16/h5-12,14,22H,1-4H3,(H,21,23)/t14-/m1/s1. The number of amides is 1. The molecule has 1 atom stereocenters. The van der Waals surface area contributed by atoms with Crippen LogP contribution < -0.4 is 10.0 Å². The van der Waals surface area contributed by atoms with Crippen LogP contribution >= 0.6 is 11.6 Å². The maximum atomic E-state index is 12.7. The molecular formula is C19H23ClN2O3S. The summed E-state index contributed by atoms with van der Waals surface area (Å²) in [5, 5.41) is 2.91. The zero-order valence-electron chi connectivity index (χ0n) is 15.2. The first-order valence-corrected chi connectivity index (χ1v) is 10.2. The molecule has 0 heterocycles. The molecule has 0 saturated heterocycles. The molecule has 0 radical (unpaired) electrons. The van der Waals surface area contributed by atoms with Gasteiger partial charge in [0.15, 0.2) is 0 Å². The van der Waals surface area contributed by atoms with Gasteiger partial charge in [-0.15, -0.1) is 0 Å². The lowest BCUT2D eigenvalue weighted by atomic mass is 10.1. The van der Waals surface area contributed by atoms with Crippen molar-refractivity contribution in [3.63, 3.8) is 0 Å². The van der Waals surface area contributed by atoms with Crippen molar-refractivity contribution in [2.24, 2.45) is 5.92 Å². The topological polar surface area (TPSA) is 75.3 Å². The van der Waals surface area contributed by atoms with Gasteiger partial charge in [0.25, 0.3) is 15.9 Å². The third kappa shape index (κ3) is 4.99. The molecule has 0 aliphatic rings. The lowest BCUT2D eigenvalue weighted by molar-refractivity contribution is 0.0930. The van der Waals surface area contributed by atoms with Crippen LogP contribution in [0.25, 0.3) is 0 Å². The Kier molecular flexibility index (Phi) is 6.31. The highest BCUT2D eigenvalue weighted by Crippen LogP contribution is 2.25. The Hall–Kier alpha value is -2.05. The second kappa shape index (κ2) is 8.10. The van der Waals surface area contributed by atoms with E-state index in [2.05, 4.69) is 10.0 Å². The van der Waals surface area contributed by atoms with Gasteiger partial charge in [-0.3, -0.25) is 9.52 Å². The average molecular weight is 395 g/mol. The SMILES string of the molecule is Cc1cccc(NS(=O)(=O)c2cc(C(=O)N[C@H](C)C(C)C)ccc2Cl)c1. The molecule has 0 fully saturated rings. The molecule has 26 heavy (non-hydrogen) atoms. The number of aryl methyl sites for hydroxylation is 1. The molecule has 0 aliphatic heterocycles. The summed E-state index contributed by atoms with van der Waals surface area (Å²) in [6.07, 6.45) is 0. The Morgan fingerprint density at radius 2 is 1.77 bits per heavy atom. The summed E-state index contributed by atoms with van der Waals surface area (Å²) in [6, 6.07) is 11.2. The molecule has 0 saturated carbocycles. The maximum absolute atomic E-state index is 12.7. The number of benzene rings is 2. The predicted octanol–water partition coefficient (Wildman–Crippen LogP) is 4.22. The van der Waals surface area contributed by atoms with Gasteiger partial charge in [-0.1, -0.05) is 37.6 Å². The fourth-order valence-electron chi connectivity index (χ4n) is 2.23. The van der Waals surface area contributed by atoms with E-state index in [1.54, 1.807) is 18.2 Å². The third-order valence-corrected chi connectivity index (χ3v) is 5.97. The van der Waals surface area contributed by atoms with Crippen molar-refractivity contribution in [3.8, 4) is 0 Å². The number of carbonyl (C=O) groups is 1. The van der Waals surface area contributed by atoms with Gasteiger partial charge in [0, 0.05) is 17.3 Å². The Morgan fingerprint density at radius 3 is 2.38 bits per heavy atom. The highest BCUT2D eigenvalue weighted by atomic mass is 35.5. The number of hydrogen-bond donors (Lipinski definition) is 2. The van der Waals surface area contributed by atoms with Crippen LogP contribution in [0.1, 0.15) is 36.7 Å². The van der Waals surface area contributed by atoms with Crippen LogP contribution in [0.2, 0.25) is 5.02 Å². The normalized spacial score (nSPS) is 12.7. The minimum Gasteiger partial charge on any atom is -0.349 e. The molecule has 1 amide bonds. The summed E-state index contributed by atoms with van der Waals surface area (Å²) in [7, 11) is -3.92. The summed E-state index contributed by atoms with van der Waals surface area (Å²) in [5.41, 5.74) is 1.60. The first kappa shape index (κ1) is 20.3. The van der Waals surface area contributed by atoms with E-state index < -0.39 is 10.0 Å². The van der Waals surface area contributed by atoms with Gasteiger partial charge in [0.2, 0.25) is 0 Å². The van der Waals surface area contributed by atoms with Crippen molar-refractivity contribution in [1.82, 2.24) is 5.32 Å². The van der Waals surface area contributed by atoms with Crippen molar-refractivity contribution in [2.75, 3.05) is 4.72 Å². The molecule has 2 rings (SSSR count). The van der Waals surface area contributed by atoms with E-state index in [9.17, 15) is 13.2 Å². The first-order valence-electron chi connectivity index (χ1n) is 8.30. The van der Waals surface area contributed by atoms with Gasteiger partial charge in [0.05, 0.1) is 5.02 Å². The molecule has 2 N–H and O–H groups in total. The third-order valence-electron chi connectivity index (χ3n) is 4.11. The van der Waals surface area contributed by atoms with Crippen LogP contribution in [-0.2, 0) is 10.0 Å². The maximum Gasteiger partial charge on any atom is 0.263 e. The van der Waals surface area contributed by atoms with Gasteiger partial charge in [0.1, 0.15) is 4.90 Å². The molecule has 0 aliphatic carbocycles. The molecule has 0 spiro atoms. The summed E-state index contributed by atoms with van der Waals surface area (Å²) < 4.78 is 27.9. The van der Waals surface area contributed by atoms with Crippen molar-refractivity contribution >= 4 is 33.2 Å². The number of anilines is 1. The molecule has 0 bridgehead atoms. The monoisotopic (exact) mass is 394 g/mol. The van der Waals surface area contributed by atoms with E-state index in [4.69, 9.17) is 11.6 Å². The summed E-state index contributed by atoms with van der Waals surface area (Å²) in [5.74, 6) is -0.0766. The minimum atomic E-state index is -3.92. The van der Waals surface area contributed by atoms with E-state index in [1.165, 1.54) is 18.2 Å². The number of sulfonamides is 1. The fourth-order valence-corrected chi connectivity index (χ4v) is 3.80. The Morgan fingerprint density at radius 1 is 1.08 bits per heavy atom. The summed E-state index contributed by atoms with van der Waals surface area (Å²) >= 11 is 6.09. The Bertz CT molecular complexity index is 911. The molecule has 2 aromatic rings. The first-order chi connectivity index (χ1) is 12.1. The molecule has 2 aromatic carbocycles. The van der Waals surface area contributed by atoms with Crippen LogP contribution in [0.3, 0.4) is 0 Å². The smallest absolute Gasteiger partial charge is 0.263 e. The number of nitrogens with one attached hydrogen (secondary N) is 2. The average Bonchev–Trinajstić information content (AvgIpc) is 2.54. The molecular weight excluding hydrogens is 372 g/mol. The second-order valence-electron chi connectivity index (χ2n) is 6.63. The zero-order chi connectivity index (χ0) is 19.5. The highest BCUT2D eigenvalue weighted by Gasteiger charge is 2.21. The molecule has 0 aromatic heterocycles. The zero-order valence-corrected chi connectivity index (χ0v) is 16.8. The summed E-state index contributed by atoms with van der Waals surface area (Å²) in [6.45, 7) is 7.75. The van der Waals surface area contributed by atoms with E-state index >= 15 is 0 Å². The number of hydrogen-bond acceptors (Lipinski definition) is 3. The lowest BCUT2D eigenvalue weighted by Crippen LogP contribution is -2.36. The number of halogens is 1. The van der Waals surface area contributed by atoms with Gasteiger partial charge < -0.3 is 5.32 Å². The molecule has 7 heteroatoms. The van der Waals surface area contributed by atoms with E-state index in [1.807, 2.05) is 33.8 Å². The Balaban J connectivity index is 2.32. The van der Waals surface area contributed by atoms with Gasteiger partial charge in [-0.25, -0.2) is 8.42 Å². The van der Waals surface area contributed by atoms with Crippen molar-refractivity contribution in [2.45, 2.75) is 38.6 Å². The van der Waals surface area contributed by atoms with Crippen molar-refractivity contribution in [3.05, 3.63) is 58.6 Å². The summed E-state index contributed by atoms with van der Waals surface area (Å²) in [4.78, 5) is 12.2. The van der Waals surface area contributed by atoms with Crippen LogP contribution in [0, 0.1) is 12.8 Å². The van der Waals surface area contributed by atoms with Gasteiger partial charge in [-0.05, 0) is 55.7 Å². The fraction of sp³-hybridized carbons (Fsp3) is 0.316. The van der Waals surface area contributed by atoms with E-state index in [-0.39, 0.29) is 33.3 Å². The largest absolute Gasteiger partial charge is 0.349 e. The quantitative estimate of drug-likeness (QED) is 0.770. The lowest BCUT2D eigenvalue weighted by Gasteiger charge is -2.18. The molecule has 0 unspecified atom stereocenters. The van der Waals surface area contributed by atoms with Crippen LogP contribution in [0.4, 0.5) is 5.69 Å². The number of rotatable bonds is 6. The van der Waals surface area contributed by atoms with Gasteiger partial charge in [-0.2, -0.15) is 0 Å². The van der Waals surface area contributed by atoms with Crippen molar-refractivity contribution < 1.29 is 13.2 Å². The van der Waals surface area contributed by atoms with Crippen molar-refractivity contribution in [1.29, 1.82) is 0 Å². The predicted molar refractivity (Wildman–Crippen MR) is 105 cm³/mol. The van der Waals surface area contributed by atoms with Crippen LogP contribution in [-0.4, -0.2) is 20.4 Å². The van der Waals surface area contributed by atoms with E-state index in [0.29, 0.717) is 5.69 Å². The van der Waals surface area contributed by atoms with Crippen LogP contribution in [0.15, 0.2) is 47.4 Å². The van der Waals surface area contributed by atoms with Gasteiger partial charge >= 0.3 is 0 Å². The number of carbonyl (C=O) groups excluding carboxylic acids is 1. The van der Waals surface area contributed by atoms with Crippen LogP contribution in [0.5, 0.6) is 0 Å². The second-order valence-corrected chi connectivity index (χ2v) is 8.68.